The van der Waals surface area contributed by atoms with Crippen molar-refractivity contribution in [2.75, 3.05) is 0 Å². The summed E-state index contributed by atoms with van der Waals surface area (Å²) in [6, 6.07) is 15.5. The minimum absolute atomic E-state index is 0.253. The lowest BCUT2D eigenvalue weighted by atomic mass is 10.2. The van der Waals surface area contributed by atoms with E-state index in [2.05, 4.69) is 29.7 Å². The van der Waals surface area contributed by atoms with Crippen molar-refractivity contribution in [1.29, 1.82) is 0 Å². The van der Waals surface area contributed by atoms with Crippen LogP contribution < -0.4 is 0 Å². The second-order valence-corrected chi connectivity index (χ2v) is 5.84. The van der Waals surface area contributed by atoms with Gasteiger partial charge in [0.05, 0.1) is 22.3 Å². The molecular formula is C19H17N3O2. The van der Waals surface area contributed by atoms with Crippen molar-refractivity contribution in [3.63, 3.8) is 0 Å². The molecule has 2 aromatic carbocycles. The molecular weight excluding hydrogens is 302 g/mol. The highest BCUT2D eigenvalue weighted by Crippen LogP contribution is 2.30. The number of imidazole rings is 1. The van der Waals surface area contributed by atoms with Gasteiger partial charge in [0.25, 0.3) is 0 Å². The first-order chi connectivity index (χ1) is 11.6. The molecule has 4 aromatic rings. The first-order valence-electron chi connectivity index (χ1n) is 7.88. The van der Waals surface area contributed by atoms with Gasteiger partial charge in [-0.05, 0) is 37.3 Å². The number of para-hydroxylation sites is 1. The lowest BCUT2D eigenvalue weighted by molar-refractivity contribution is 0.0697. The number of carboxylic acids is 1. The summed E-state index contributed by atoms with van der Waals surface area (Å²) in [5.41, 5.74) is 4.08. The van der Waals surface area contributed by atoms with Gasteiger partial charge in [-0.3, -0.25) is 0 Å². The number of fused-ring (bicyclic) bond motifs is 2. The molecule has 0 saturated heterocycles. The van der Waals surface area contributed by atoms with Crippen molar-refractivity contribution in [3.05, 3.63) is 54.1 Å². The average Bonchev–Trinajstić information content (AvgIpc) is 3.12. The molecule has 0 unspecified atom stereocenters. The van der Waals surface area contributed by atoms with Gasteiger partial charge in [0.15, 0.2) is 5.82 Å². The monoisotopic (exact) mass is 319 g/mol. The number of benzene rings is 2. The highest BCUT2D eigenvalue weighted by atomic mass is 16.4. The third-order valence-corrected chi connectivity index (χ3v) is 4.48. The maximum Gasteiger partial charge on any atom is 0.335 e. The Hall–Kier alpha value is -3.08. The summed E-state index contributed by atoms with van der Waals surface area (Å²) >= 11 is 0. The first kappa shape index (κ1) is 14.5. The summed E-state index contributed by atoms with van der Waals surface area (Å²) in [7, 11) is 1.96. The van der Waals surface area contributed by atoms with E-state index in [1.54, 1.807) is 12.1 Å². The summed E-state index contributed by atoms with van der Waals surface area (Å²) in [5, 5.41) is 10.3. The number of aromatic nitrogens is 3. The van der Waals surface area contributed by atoms with Gasteiger partial charge in [-0.25, -0.2) is 9.78 Å². The maximum absolute atomic E-state index is 11.2. The fourth-order valence-corrected chi connectivity index (χ4v) is 3.30. The van der Waals surface area contributed by atoms with E-state index in [-0.39, 0.29) is 5.56 Å². The molecule has 2 heterocycles. The Morgan fingerprint density at radius 3 is 2.67 bits per heavy atom. The van der Waals surface area contributed by atoms with Crippen LogP contribution in [0.15, 0.2) is 48.5 Å². The standard InChI is InChI=1S/C19H17N3O2/c1-3-22-15-7-5-4-6-12(15)11-17(22)18-20-14-10-13(19(23)24)8-9-16(14)21(18)2/h4-11H,3H2,1-2H3,(H,23,24). The second-order valence-electron chi connectivity index (χ2n) is 5.84. The fourth-order valence-electron chi connectivity index (χ4n) is 3.30. The molecule has 2 aromatic heterocycles. The molecule has 0 amide bonds. The van der Waals surface area contributed by atoms with Gasteiger partial charge in [-0.15, -0.1) is 0 Å². The highest BCUT2D eigenvalue weighted by molar-refractivity contribution is 5.94. The van der Waals surface area contributed by atoms with Crippen molar-refractivity contribution in [2.24, 2.45) is 7.05 Å². The van der Waals surface area contributed by atoms with E-state index in [0.29, 0.717) is 5.52 Å². The number of carbonyl (C=O) groups is 1. The van der Waals surface area contributed by atoms with E-state index >= 15 is 0 Å². The summed E-state index contributed by atoms with van der Waals surface area (Å²) < 4.78 is 4.25. The molecule has 0 aliphatic carbocycles. The Balaban J connectivity index is 1.99. The zero-order valence-electron chi connectivity index (χ0n) is 13.5. The van der Waals surface area contributed by atoms with E-state index in [4.69, 9.17) is 4.98 Å². The number of hydrogen-bond donors (Lipinski definition) is 1. The zero-order chi connectivity index (χ0) is 16.8. The molecule has 5 nitrogen and oxygen atoms in total. The lowest BCUT2D eigenvalue weighted by Crippen LogP contribution is -2.01. The van der Waals surface area contributed by atoms with Crippen LogP contribution in [0.2, 0.25) is 0 Å². The summed E-state index contributed by atoms with van der Waals surface area (Å²) in [6.45, 7) is 2.95. The van der Waals surface area contributed by atoms with Gasteiger partial charge in [-0.1, -0.05) is 18.2 Å². The molecule has 0 aliphatic heterocycles. The Bertz CT molecular complexity index is 1090. The van der Waals surface area contributed by atoms with E-state index in [9.17, 15) is 9.90 Å². The maximum atomic E-state index is 11.2. The van der Waals surface area contributed by atoms with Crippen molar-refractivity contribution < 1.29 is 9.90 Å². The largest absolute Gasteiger partial charge is 0.478 e. The number of carboxylic acid groups (broad SMARTS) is 1. The quantitative estimate of drug-likeness (QED) is 0.623. The smallest absolute Gasteiger partial charge is 0.335 e. The third kappa shape index (κ3) is 2.01. The summed E-state index contributed by atoms with van der Waals surface area (Å²) in [4.78, 5) is 15.9. The van der Waals surface area contributed by atoms with Crippen molar-refractivity contribution >= 4 is 27.9 Å². The molecule has 0 spiro atoms. The van der Waals surface area contributed by atoms with Gasteiger partial charge in [0.1, 0.15) is 0 Å². The summed E-state index contributed by atoms with van der Waals surface area (Å²) in [5.74, 6) is -0.0997. The zero-order valence-corrected chi connectivity index (χ0v) is 13.5. The molecule has 0 saturated carbocycles. The fraction of sp³-hybridized carbons (Fsp3) is 0.158. The first-order valence-corrected chi connectivity index (χ1v) is 7.88. The number of nitrogens with zero attached hydrogens (tertiary/aromatic N) is 3. The molecule has 1 N–H and O–H groups in total. The third-order valence-electron chi connectivity index (χ3n) is 4.48. The number of hydrogen-bond acceptors (Lipinski definition) is 2. The normalized spacial score (nSPS) is 11.4. The minimum Gasteiger partial charge on any atom is -0.478 e. The minimum atomic E-state index is -0.938. The van der Waals surface area contributed by atoms with Crippen molar-refractivity contribution in [1.82, 2.24) is 14.1 Å². The number of aromatic carboxylic acids is 1. The van der Waals surface area contributed by atoms with Crippen LogP contribution in [-0.4, -0.2) is 25.2 Å². The molecule has 4 rings (SSSR count). The summed E-state index contributed by atoms with van der Waals surface area (Å²) in [6.07, 6.45) is 0. The Morgan fingerprint density at radius 1 is 1.12 bits per heavy atom. The van der Waals surface area contributed by atoms with Crippen LogP contribution in [0.1, 0.15) is 17.3 Å². The molecule has 0 bridgehead atoms. The van der Waals surface area contributed by atoms with Crippen LogP contribution in [0.4, 0.5) is 0 Å². The molecule has 0 aliphatic rings. The molecule has 120 valence electrons. The Kier molecular flexibility index (Phi) is 3.16. The van der Waals surface area contributed by atoms with Gasteiger partial charge in [0.2, 0.25) is 0 Å². The van der Waals surface area contributed by atoms with E-state index in [1.807, 2.05) is 29.8 Å². The van der Waals surface area contributed by atoms with Gasteiger partial charge in [0, 0.05) is 24.5 Å². The molecule has 0 atom stereocenters. The Labute approximate surface area is 138 Å². The predicted molar refractivity (Wildman–Crippen MR) is 94.3 cm³/mol. The van der Waals surface area contributed by atoms with Crippen LogP contribution in [0.25, 0.3) is 33.5 Å². The SMILES string of the molecule is CCn1c(-c2nc3cc(C(=O)O)ccc3n2C)cc2ccccc21. The Morgan fingerprint density at radius 2 is 1.92 bits per heavy atom. The van der Waals surface area contributed by atoms with Crippen molar-refractivity contribution in [2.45, 2.75) is 13.5 Å². The molecule has 24 heavy (non-hydrogen) atoms. The number of rotatable bonds is 3. The van der Waals surface area contributed by atoms with Gasteiger partial charge < -0.3 is 14.2 Å². The molecule has 0 fully saturated rings. The second kappa shape index (κ2) is 5.23. The molecule has 5 heteroatoms. The van der Waals surface area contributed by atoms with E-state index in [1.165, 1.54) is 10.9 Å². The van der Waals surface area contributed by atoms with Crippen LogP contribution in [-0.2, 0) is 13.6 Å². The van der Waals surface area contributed by atoms with E-state index in [0.717, 1.165) is 23.6 Å². The number of aryl methyl sites for hydroxylation is 2. The van der Waals surface area contributed by atoms with Crippen LogP contribution >= 0.6 is 0 Å². The van der Waals surface area contributed by atoms with Crippen LogP contribution in [0, 0.1) is 0 Å². The van der Waals surface area contributed by atoms with Crippen LogP contribution in [0.3, 0.4) is 0 Å². The van der Waals surface area contributed by atoms with Crippen molar-refractivity contribution in [3.8, 4) is 11.5 Å². The van der Waals surface area contributed by atoms with Crippen LogP contribution in [0.5, 0.6) is 0 Å². The van der Waals surface area contributed by atoms with Gasteiger partial charge in [-0.2, -0.15) is 0 Å². The highest BCUT2D eigenvalue weighted by Gasteiger charge is 2.16. The predicted octanol–water partition coefficient (Wildman–Crippen LogP) is 3.91. The lowest BCUT2D eigenvalue weighted by Gasteiger charge is -2.08. The average molecular weight is 319 g/mol. The topological polar surface area (TPSA) is 60.1 Å². The van der Waals surface area contributed by atoms with Gasteiger partial charge >= 0.3 is 5.97 Å². The molecule has 0 radical (unpaired) electrons. The van der Waals surface area contributed by atoms with E-state index < -0.39 is 5.97 Å².